The molecule has 2 aromatic heterocycles. The first-order valence-electron chi connectivity index (χ1n) is 12.3. The third-order valence-corrected chi connectivity index (χ3v) is 7.79. The van der Waals surface area contributed by atoms with E-state index in [1.54, 1.807) is 29.2 Å². The summed E-state index contributed by atoms with van der Waals surface area (Å²) in [5.74, 6) is -0.374. The highest BCUT2D eigenvalue weighted by molar-refractivity contribution is 7.90. The predicted molar refractivity (Wildman–Crippen MR) is 143 cm³/mol. The number of ketones is 1. The van der Waals surface area contributed by atoms with Crippen LogP contribution in [0.25, 0.3) is 5.65 Å². The third kappa shape index (κ3) is 5.02. The second kappa shape index (κ2) is 10.3. The van der Waals surface area contributed by atoms with E-state index in [1.165, 1.54) is 29.4 Å². The molecule has 5 rings (SSSR count). The number of fused-ring (bicyclic) bond motifs is 1. The fourth-order valence-corrected chi connectivity index (χ4v) is 5.65. The smallest absolute Gasteiger partial charge is 0.300 e. The summed E-state index contributed by atoms with van der Waals surface area (Å²) in [6, 6.07) is 19.1. The molecule has 3 heterocycles. The van der Waals surface area contributed by atoms with Gasteiger partial charge in [-0.15, -0.1) is 0 Å². The van der Waals surface area contributed by atoms with Gasteiger partial charge in [0.1, 0.15) is 5.56 Å². The van der Waals surface area contributed by atoms with E-state index in [4.69, 9.17) is 5.14 Å². The van der Waals surface area contributed by atoms with Gasteiger partial charge in [0, 0.05) is 19.3 Å². The van der Waals surface area contributed by atoms with Crippen molar-refractivity contribution >= 4 is 33.4 Å². The van der Waals surface area contributed by atoms with E-state index in [-0.39, 0.29) is 40.8 Å². The van der Waals surface area contributed by atoms with E-state index in [2.05, 4.69) is 22.2 Å². The number of piperidine rings is 1. The van der Waals surface area contributed by atoms with Crippen LogP contribution in [-0.2, 0) is 16.8 Å². The molecule has 1 fully saturated rings. The molecule has 4 aromatic rings. The van der Waals surface area contributed by atoms with Crippen LogP contribution >= 0.6 is 0 Å². The maximum atomic E-state index is 13.8. The van der Waals surface area contributed by atoms with Gasteiger partial charge in [0.25, 0.3) is 5.91 Å². The van der Waals surface area contributed by atoms with Crippen molar-refractivity contribution in [3.05, 3.63) is 95.3 Å². The number of amides is 1. The van der Waals surface area contributed by atoms with Gasteiger partial charge in [0.05, 0.1) is 18.3 Å². The van der Waals surface area contributed by atoms with Crippen molar-refractivity contribution in [3.63, 3.8) is 0 Å². The van der Waals surface area contributed by atoms with Crippen molar-refractivity contribution in [1.29, 1.82) is 0 Å². The van der Waals surface area contributed by atoms with Gasteiger partial charge in [-0.25, -0.2) is 14.4 Å². The fourth-order valence-electron chi connectivity index (χ4n) is 4.90. The lowest BCUT2D eigenvalue weighted by Crippen LogP contribution is -2.42. The van der Waals surface area contributed by atoms with E-state index < -0.39 is 10.2 Å². The van der Waals surface area contributed by atoms with Crippen LogP contribution < -0.4 is 9.44 Å². The van der Waals surface area contributed by atoms with Gasteiger partial charge in [0.15, 0.2) is 17.2 Å². The van der Waals surface area contributed by atoms with Crippen molar-refractivity contribution in [1.82, 2.24) is 19.5 Å². The molecule has 10 nitrogen and oxygen atoms in total. The van der Waals surface area contributed by atoms with Crippen LogP contribution in [0.15, 0.2) is 73.1 Å². The standard InChI is InChI=1S/C27H28N6O4S/c1-19(34)23-17-30-33-25(23)29-16-24(26(33)32(38(28,36)37)18-20-8-4-2-5-9-20)27(35)31-14-12-22(13-15-31)21-10-6-3-7-11-21/h2-11,16-17,22H,12-15,18H2,1H3,(H2,28,36,37). The molecule has 0 radical (unpaired) electrons. The van der Waals surface area contributed by atoms with Crippen LogP contribution in [0.3, 0.4) is 0 Å². The van der Waals surface area contributed by atoms with Gasteiger partial charge in [-0.05, 0) is 36.8 Å². The van der Waals surface area contributed by atoms with E-state index in [0.29, 0.717) is 24.6 Å². The summed E-state index contributed by atoms with van der Waals surface area (Å²) >= 11 is 0. The Bertz CT molecular complexity index is 1580. The molecule has 0 bridgehead atoms. The minimum absolute atomic E-state index is 0.0406. The molecule has 0 atom stereocenters. The number of benzene rings is 2. The topological polar surface area (TPSA) is 131 Å². The average molecular weight is 533 g/mol. The van der Waals surface area contributed by atoms with Crippen LogP contribution in [0.1, 0.15) is 57.5 Å². The zero-order valence-corrected chi connectivity index (χ0v) is 21.7. The van der Waals surface area contributed by atoms with Crippen LogP contribution in [0.2, 0.25) is 0 Å². The summed E-state index contributed by atoms with van der Waals surface area (Å²) in [6.45, 7) is 2.24. The molecule has 0 saturated carbocycles. The second-order valence-corrected chi connectivity index (χ2v) is 10.8. The van der Waals surface area contributed by atoms with Crippen LogP contribution in [0.4, 0.5) is 5.82 Å². The van der Waals surface area contributed by atoms with E-state index in [9.17, 15) is 18.0 Å². The van der Waals surface area contributed by atoms with Crippen LogP contribution in [-0.4, -0.2) is 52.7 Å². The molecule has 1 aliphatic rings. The quantitative estimate of drug-likeness (QED) is 0.364. The number of anilines is 1. The number of nitrogens with two attached hydrogens (primary N) is 1. The zero-order chi connectivity index (χ0) is 26.9. The average Bonchev–Trinajstić information content (AvgIpc) is 3.36. The molecule has 2 N–H and O–H groups in total. The second-order valence-electron chi connectivity index (χ2n) is 9.36. The Hall–Kier alpha value is -4.09. The van der Waals surface area contributed by atoms with E-state index in [1.807, 2.05) is 24.3 Å². The maximum Gasteiger partial charge on any atom is 0.300 e. The number of likely N-dealkylation sites (tertiary alicyclic amines) is 1. The number of Topliss-reactive ketones (excluding diaryl/α,β-unsaturated/α-hetero) is 1. The van der Waals surface area contributed by atoms with E-state index in [0.717, 1.165) is 17.1 Å². The van der Waals surface area contributed by atoms with Crippen LogP contribution in [0, 0.1) is 0 Å². The number of hydrogen-bond donors (Lipinski definition) is 1. The number of aromatic nitrogens is 3. The van der Waals surface area contributed by atoms with Crippen LogP contribution in [0.5, 0.6) is 0 Å². The minimum atomic E-state index is -4.36. The molecule has 11 heteroatoms. The Balaban J connectivity index is 1.56. The fraction of sp³-hybridized carbons (Fsp3) is 0.259. The lowest BCUT2D eigenvalue weighted by Gasteiger charge is -2.33. The molecule has 0 unspecified atom stereocenters. The Labute approximate surface area is 220 Å². The Morgan fingerprint density at radius 2 is 1.61 bits per heavy atom. The molecule has 1 saturated heterocycles. The lowest BCUT2D eigenvalue weighted by atomic mass is 9.89. The molecule has 0 spiro atoms. The first-order chi connectivity index (χ1) is 18.2. The summed E-state index contributed by atoms with van der Waals surface area (Å²) in [7, 11) is -4.36. The highest BCUT2D eigenvalue weighted by Gasteiger charge is 2.33. The Morgan fingerprint density at radius 3 is 2.21 bits per heavy atom. The maximum absolute atomic E-state index is 13.8. The number of hydrogen-bond acceptors (Lipinski definition) is 6. The van der Waals surface area contributed by atoms with Crippen molar-refractivity contribution in [2.24, 2.45) is 5.14 Å². The van der Waals surface area contributed by atoms with Gasteiger partial charge in [-0.3, -0.25) is 9.59 Å². The van der Waals surface area contributed by atoms with Crippen molar-refractivity contribution < 1.29 is 18.0 Å². The summed E-state index contributed by atoms with van der Waals surface area (Å²) in [6.07, 6.45) is 4.19. The third-order valence-electron chi connectivity index (χ3n) is 6.88. The number of nitrogens with zero attached hydrogens (tertiary/aromatic N) is 5. The Morgan fingerprint density at radius 1 is 0.974 bits per heavy atom. The highest BCUT2D eigenvalue weighted by atomic mass is 32.2. The van der Waals surface area contributed by atoms with Crippen molar-refractivity contribution in [2.75, 3.05) is 17.4 Å². The summed E-state index contributed by atoms with van der Waals surface area (Å²) in [4.78, 5) is 32.1. The molecular formula is C27H28N6O4S. The molecule has 0 aliphatic carbocycles. The largest absolute Gasteiger partial charge is 0.338 e. The van der Waals surface area contributed by atoms with Crippen molar-refractivity contribution in [2.45, 2.75) is 32.2 Å². The first kappa shape index (κ1) is 25.6. The first-order valence-corrected chi connectivity index (χ1v) is 13.8. The minimum Gasteiger partial charge on any atom is -0.338 e. The van der Waals surface area contributed by atoms with Crippen molar-refractivity contribution in [3.8, 4) is 0 Å². The molecule has 2 aromatic carbocycles. The van der Waals surface area contributed by atoms with Gasteiger partial charge < -0.3 is 4.90 Å². The monoisotopic (exact) mass is 532 g/mol. The molecule has 196 valence electrons. The number of carbonyl (C=O) groups is 2. The van der Waals surface area contributed by atoms with Gasteiger partial charge in [-0.2, -0.15) is 18.0 Å². The Kier molecular flexibility index (Phi) is 6.96. The van der Waals surface area contributed by atoms with E-state index >= 15 is 0 Å². The SMILES string of the molecule is CC(=O)c1cnn2c(N(Cc3ccccc3)S(N)(=O)=O)c(C(=O)N3CCC(c4ccccc4)CC3)cnc12. The summed E-state index contributed by atoms with van der Waals surface area (Å²) < 4.78 is 28.0. The zero-order valence-electron chi connectivity index (χ0n) is 20.9. The molecular weight excluding hydrogens is 504 g/mol. The summed E-state index contributed by atoms with van der Waals surface area (Å²) in [5, 5.41) is 9.95. The highest BCUT2D eigenvalue weighted by Crippen LogP contribution is 2.31. The lowest BCUT2D eigenvalue weighted by molar-refractivity contribution is 0.0712. The normalized spacial score (nSPS) is 14.5. The molecule has 1 amide bonds. The number of rotatable bonds is 7. The number of carbonyl (C=O) groups excluding carboxylic acids is 2. The van der Waals surface area contributed by atoms with Gasteiger partial charge >= 0.3 is 10.2 Å². The summed E-state index contributed by atoms with van der Waals surface area (Å²) in [5.41, 5.74) is 2.29. The molecule has 1 aliphatic heterocycles. The van der Waals surface area contributed by atoms with Gasteiger partial charge in [0.2, 0.25) is 0 Å². The van der Waals surface area contributed by atoms with Gasteiger partial charge in [-0.1, -0.05) is 60.7 Å². The predicted octanol–water partition coefficient (Wildman–Crippen LogP) is 3.16. The molecule has 38 heavy (non-hydrogen) atoms.